The lowest BCUT2D eigenvalue weighted by atomic mass is 9.83. The van der Waals surface area contributed by atoms with E-state index < -0.39 is 32.3 Å². The Morgan fingerprint density at radius 1 is 0.0797 bits per heavy atom. The summed E-state index contributed by atoms with van der Waals surface area (Å²) in [5.41, 5.74) is 14.6. The van der Waals surface area contributed by atoms with Crippen LogP contribution in [0.15, 0.2) is 619 Å². The van der Waals surface area contributed by atoms with Crippen LogP contribution in [0.25, 0.3) is 88.3 Å². The largest absolute Gasteiger partial charge is 0.179 e. The zero-order valence-corrected chi connectivity index (χ0v) is 80.9. The molecule has 0 amide bonds. The van der Waals surface area contributed by atoms with E-state index >= 15 is 0 Å². The maximum absolute atomic E-state index is 2.69. The fraction of sp³-hybridized carbons (Fsp3) is 0. The molecule has 0 aliphatic carbocycles. The minimum absolute atomic E-state index is 1.21. The first-order valence-corrected chi connectivity index (χ1v) is 55.8. The van der Waals surface area contributed by atoms with E-state index in [0.717, 1.165) is 0 Å². The number of hydrogen-bond acceptors (Lipinski definition) is 0. The first-order valence-electron chi connectivity index (χ1n) is 47.8. The van der Waals surface area contributed by atoms with E-state index in [2.05, 4.69) is 619 Å². The normalized spacial score (nSPS) is 11.5. The summed E-state index contributed by atoms with van der Waals surface area (Å²) in [6.07, 6.45) is 0. The van der Waals surface area contributed by atoms with Crippen molar-refractivity contribution in [3.8, 4) is 66.8 Å². The summed E-state index contributed by atoms with van der Waals surface area (Å²) >= 11 is 0. The van der Waals surface area contributed by atoms with Gasteiger partial charge in [0.25, 0.3) is 0 Å². The van der Waals surface area contributed by atoms with E-state index in [-0.39, 0.29) is 0 Å². The topological polar surface area (TPSA) is 0 Å². The summed E-state index contributed by atoms with van der Waals surface area (Å²) in [6, 6.07) is 229. The predicted molar refractivity (Wildman–Crippen MR) is 601 cm³/mol. The molecule has 0 saturated heterocycles. The van der Waals surface area contributed by atoms with Crippen molar-refractivity contribution in [2.75, 3.05) is 0 Å². The Morgan fingerprint density at radius 3 is 0.370 bits per heavy atom. The van der Waals surface area contributed by atoms with Crippen LogP contribution in [0.3, 0.4) is 0 Å². The molecule has 0 unspecified atom stereocenters. The van der Waals surface area contributed by atoms with Gasteiger partial charge >= 0.3 is 0 Å². The van der Waals surface area contributed by atoms with Crippen molar-refractivity contribution in [2.45, 2.75) is 0 Å². The Bertz CT molecular complexity index is 6910. The van der Waals surface area contributed by atoms with Crippen molar-refractivity contribution in [1.82, 2.24) is 0 Å². The van der Waals surface area contributed by atoms with Crippen molar-refractivity contribution >= 4 is 137 Å². The molecule has 0 N–H and O–H groups in total. The van der Waals surface area contributed by atoms with Gasteiger partial charge in [0.05, 0.1) is 0 Å². The summed E-state index contributed by atoms with van der Waals surface area (Å²) in [5.74, 6) is 0. The molecule has 0 bridgehead atoms. The van der Waals surface area contributed by atoms with E-state index in [1.807, 2.05) is 0 Å². The maximum atomic E-state index is 2.58. The molecule has 0 radical (unpaired) electrons. The van der Waals surface area contributed by atoms with Gasteiger partial charge in [0.2, 0.25) is 0 Å². The Labute approximate surface area is 815 Å². The highest BCUT2D eigenvalue weighted by atomic mass is 28.3. The minimum Gasteiger partial charge on any atom is -0.0624 e. The van der Waals surface area contributed by atoms with Gasteiger partial charge in [0.15, 0.2) is 32.3 Å². The molecule has 4 heteroatoms. The molecule has 0 fully saturated rings. The van der Waals surface area contributed by atoms with Crippen molar-refractivity contribution < 1.29 is 0 Å². The number of rotatable bonds is 22. The third-order valence-corrected chi connectivity index (χ3v) is 46.9. The standard InChI is InChI=1S/C50H34.2C42H34Si2/c1-5-17-35(18-6-1)39-29-40(36-19-7-2-8-20-36)32-43(31-39)49-45-25-13-15-27-47(45)50(48-28-16-14-26-46(48)49)44-33-41(37-21-9-3-10-22-37)30-42(34-44)38-23-11-4-12-24-38;1-7-20-35(21-8-1)43(36-22-9-2-10-23-36,37-24-11-3-12-25-37)41-32-19-33-42(34-41)44(38-26-13-4-14-27-38,39-28-15-5-16-29-39)40-30-17-6-18-31-40;1-7-19-35(20-8-1)43(36-21-9-2-10-22-36,37-23-11-3-12-24-37)41-31-33-42(34-32-41)44(38-25-13-4-14-26-38,39-27-15-5-16-28-39)40-29-17-6-18-30-40/h1-34H;2*1-34H. The summed E-state index contributed by atoms with van der Waals surface area (Å²) in [4.78, 5) is 0. The second-order valence-electron chi connectivity index (χ2n) is 35.5. The van der Waals surface area contributed by atoms with E-state index in [1.54, 1.807) is 0 Å². The molecular weight excluding hydrogens is 1720 g/mol. The van der Waals surface area contributed by atoms with E-state index in [1.165, 1.54) is 171 Å². The van der Waals surface area contributed by atoms with Crippen LogP contribution in [0, 0.1) is 0 Å². The molecule has 0 saturated carbocycles. The maximum Gasteiger partial charge on any atom is 0.179 e. The van der Waals surface area contributed by atoms with Crippen LogP contribution >= 0.6 is 0 Å². The van der Waals surface area contributed by atoms with E-state index in [0.29, 0.717) is 0 Å². The average Bonchev–Trinajstić information content (AvgIpc) is 0.724. The lowest BCUT2D eigenvalue weighted by Gasteiger charge is -2.38. The van der Waals surface area contributed by atoms with Crippen molar-refractivity contribution in [1.29, 1.82) is 0 Å². The van der Waals surface area contributed by atoms with Gasteiger partial charge in [0.1, 0.15) is 0 Å². The summed E-state index contributed by atoms with van der Waals surface area (Å²) in [5, 5.41) is 27.3. The highest BCUT2D eigenvalue weighted by Gasteiger charge is 2.48. The molecule has 23 aromatic carbocycles. The molecule has 0 nitrogen and oxygen atoms in total. The number of fused-ring (bicyclic) bond motifs is 2. The van der Waals surface area contributed by atoms with Gasteiger partial charge in [-0.05, 0) is 208 Å². The van der Waals surface area contributed by atoms with E-state index in [9.17, 15) is 0 Å². The molecule has 138 heavy (non-hydrogen) atoms. The zero-order valence-electron chi connectivity index (χ0n) is 76.9. The number of hydrogen-bond donors (Lipinski definition) is 0. The van der Waals surface area contributed by atoms with Crippen LogP contribution < -0.4 is 83.0 Å². The molecule has 654 valence electrons. The van der Waals surface area contributed by atoms with Crippen LogP contribution in [-0.4, -0.2) is 32.3 Å². The fourth-order valence-electron chi connectivity index (χ4n) is 21.7. The van der Waals surface area contributed by atoms with Crippen LogP contribution in [0.2, 0.25) is 0 Å². The lowest BCUT2D eigenvalue weighted by Crippen LogP contribution is -2.77. The molecule has 0 heterocycles. The monoisotopic (exact) mass is 1820 g/mol. The van der Waals surface area contributed by atoms with Gasteiger partial charge in [-0.15, -0.1) is 0 Å². The molecule has 0 aliphatic heterocycles. The van der Waals surface area contributed by atoms with Gasteiger partial charge in [0, 0.05) is 0 Å². The van der Waals surface area contributed by atoms with Crippen LogP contribution in [0.1, 0.15) is 0 Å². The Kier molecular flexibility index (Phi) is 26.0. The molecule has 0 aromatic heterocycles. The van der Waals surface area contributed by atoms with Crippen LogP contribution in [-0.2, 0) is 0 Å². The van der Waals surface area contributed by atoms with E-state index in [4.69, 9.17) is 0 Å². The van der Waals surface area contributed by atoms with Crippen molar-refractivity contribution in [2.24, 2.45) is 0 Å². The molecule has 0 aliphatic rings. The highest BCUT2D eigenvalue weighted by molar-refractivity contribution is 7.23. The third kappa shape index (κ3) is 17.1. The number of benzene rings is 23. The molecule has 23 aromatic rings. The van der Waals surface area contributed by atoms with Crippen molar-refractivity contribution in [3.63, 3.8) is 0 Å². The molecular formula is C134H102Si4. The average molecular weight is 1820 g/mol. The Hall–Kier alpha value is -16.6. The quantitative estimate of drug-likeness (QED) is 0.0360. The third-order valence-electron chi connectivity index (χ3n) is 27.8. The van der Waals surface area contributed by atoms with Gasteiger partial charge in [-0.1, -0.05) is 582 Å². The Morgan fingerprint density at radius 2 is 0.203 bits per heavy atom. The van der Waals surface area contributed by atoms with Crippen LogP contribution in [0.5, 0.6) is 0 Å². The SMILES string of the molecule is c1ccc(-c2cc(-c3ccccc3)cc(-c3c4ccccc4c(-c4cc(-c5ccccc5)cc(-c5ccccc5)c4)c4ccccc34)c2)cc1.c1ccc([Si](c2ccccc2)(c2ccccc2)c2ccc([Si](c3ccccc3)(c3ccccc3)c3ccccc3)cc2)cc1.c1ccc([Si](c2ccccc2)(c2ccccc2)c2cccc([Si](c3ccccc3)(c3ccccc3)c3ccccc3)c2)cc1. The smallest absolute Gasteiger partial charge is 0.0624 e. The molecule has 0 spiro atoms. The van der Waals surface area contributed by atoms with Gasteiger partial charge in [-0.3, -0.25) is 0 Å². The second-order valence-corrected chi connectivity index (χ2v) is 50.7. The van der Waals surface area contributed by atoms with Gasteiger partial charge < -0.3 is 0 Å². The minimum atomic E-state index is -2.69. The molecule has 0 atom stereocenters. The van der Waals surface area contributed by atoms with Gasteiger partial charge in [-0.2, -0.15) is 0 Å². The first kappa shape index (κ1) is 88.1. The van der Waals surface area contributed by atoms with Crippen LogP contribution in [0.4, 0.5) is 0 Å². The molecule has 23 rings (SSSR count). The first-order chi connectivity index (χ1) is 68.5. The van der Waals surface area contributed by atoms with Crippen molar-refractivity contribution in [3.05, 3.63) is 619 Å². The Balaban J connectivity index is 0.000000124. The zero-order chi connectivity index (χ0) is 92.6. The summed E-state index contributed by atoms with van der Waals surface area (Å²) in [6.45, 7) is 0. The van der Waals surface area contributed by atoms with Gasteiger partial charge in [-0.25, -0.2) is 0 Å². The summed E-state index contributed by atoms with van der Waals surface area (Å²) in [7, 11) is -10.6. The lowest BCUT2D eigenvalue weighted by molar-refractivity contribution is 1.57. The summed E-state index contributed by atoms with van der Waals surface area (Å²) < 4.78 is 0. The second kappa shape index (κ2) is 40.7. The fourth-order valence-corrected chi connectivity index (χ4v) is 40.9. The highest BCUT2D eigenvalue weighted by Crippen LogP contribution is 2.47. The predicted octanol–water partition coefficient (Wildman–Crippen LogP) is 22.9.